The first-order chi connectivity index (χ1) is 15.0. The van der Waals surface area contributed by atoms with E-state index in [-0.39, 0.29) is 31.1 Å². The van der Waals surface area contributed by atoms with Gasteiger partial charge in [-0.2, -0.15) is 0 Å². The maximum Gasteiger partial charge on any atom is 0.267 e. The average Bonchev–Trinajstić information content (AvgIpc) is 2.74. The Bertz CT molecular complexity index is 896. The first-order valence-electron chi connectivity index (χ1n) is 10.7. The van der Waals surface area contributed by atoms with Gasteiger partial charge in [0.15, 0.2) is 0 Å². The number of nitrogens with one attached hydrogen (secondary N) is 3. The maximum atomic E-state index is 14.5. The summed E-state index contributed by atoms with van der Waals surface area (Å²) in [6.45, 7) is 4.90. The number of carbonyl (C=O) groups is 2. The highest BCUT2D eigenvalue weighted by atomic mass is 19.1. The first-order valence-corrected chi connectivity index (χ1v) is 10.7. The fourth-order valence-electron chi connectivity index (χ4n) is 4.07. The smallest absolute Gasteiger partial charge is 0.267 e. The summed E-state index contributed by atoms with van der Waals surface area (Å²) in [6, 6.07) is 8.39. The molecule has 1 unspecified atom stereocenters. The number of hydrogen-bond acceptors (Lipinski definition) is 6. The largest absolute Gasteiger partial charge is 0.364 e. The molecule has 1 atom stereocenters. The number of aliphatic imine (C=N–C) groups is 1. The normalized spacial score (nSPS) is 19.9. The second kappa shape index (κ2) is 9.47. The van der Waals surface area contributed by atoms with Crippen molar-refractivity contribution in [1.82, 2.24) is 25.8 Å². The molecule has 9 heteroatoms. The Balaban J connectivity index is 1.21. The fourth-order valence-corrected chi connectivity index (χ4v) is 4.07. The highest BCUT2D eigenvalue weighted by molar-refractivity contribution is 6.03. The van der Waals surface area contributed by atoms with Gasteiger partial charge in [-0.1, -0.05) is 24.3 Å². The van der Waals surface area contributed by atoms with E-state index in [1.165, 1.54) is 11.1 Å². The van der Waals surface area contributed by atoms with Crippen molar-refractivity contribution in [1.29, 1.82) is 0 Å². The van der Waals surface area contributed by atoms with Crippen LogP contribution in [-0.4, -0.2) is 79.1 Å². The molecule has 1 aromatic rings. The second-order valence-electron chi connectivity index (χ2n) is 8.26. The predicted molar refractivity (Wildman–Crippen MR) is 116 cm³/mol. The van der Waals surface area contributed by atoms with Crippen molar-refractivity contribution in [3.8, 4) is 0 Å². The molecule has 0 bridgehead atoms. The van der Waals surface area contributed by atoms with Crippen LogP contribution in [-0.2, 0) is 22.6 Å². The third kappa shape index (κ3) is 5.41. The van der Waals surface area contributed by atoms with Gasteiger partial charge in [-0.3, -0.25) is 14.5 Å². The van der Waals surface area contributed by atoms with Crippen LogP contribution in [0.1, 0.15) is 18.1 Å². The molecule has 166 valence electrons. The Labute approximate surface area is 181 Å². The number of amides is 2. The van der Waals surface area contributed by atoms with Gasteiger partial charge in [-0.25, -0.2) is 9.38 Å². The zero-order valence-corrected chi connectivity index (χ0v) is 17.7. The number of amidine groups is 1. The van der Waals surface area contributed by atoms with Crippen LogP contribution in [0.15, 0.2) is 41.0 Å². The zero-order valence-electron chi connectivity index (χ0n) is 17.7. The van der Waals surface area contributed by atoms with E-state index in [1.807, 2.05) is 12.1 Å². The van der Waals surface area contributed by atoms with Gasteiger partial charge in [0, 0.05) is 45.7 Å². The minimum Gasteiger partial charge on any atom is -0.364 e. The van der Waals surface area contributed by atoms with Gasteiger partial charge in [0.2, 0.25) is 5.91 Å². The molecule has 0 aromatic heterocycles. The van der Waals surface area contributed by atoms with Crippen LogP contribution in [0.3, 0.4) is 0 Å². The number of nitrogens with zero attached hydrogens (tertiary/aromatic N) is 3. The molecule has 1 saturated heterocycles. The predicted octanol–water partition coefficient (Wildman–Crippen LogP) is 0.162. The fraction of sp³-hybridized carbons (Fsp3) is 0.500. The molecule has 0 spiro atoms. The molecule has 0 saturated carbocycles. The van der Waals surface area contributed by atoms with Gasteiger partial charge in [0.25, 0.3) is 5.91 Å². The molecule has 3 aliphatic rings. The van der Waals surface area contributed by atoms with E-state index in [0.717, 1.165) is 19.5 Å². The molecule has 4 rings (SSSR count). The number of halogens is 1. The average molecular weight is 429 g/mol. The van der Waals surface area contributed by atoms with E-state index in [0.29, 0.717) is 31.2 Å². The summed E-state index contributed by atoms with van der Waals surface area (Å²) in [5.74, 6) is 0.302. The lowest BCUT2D eigenvalue weighted by Gasteiger charge is -2.39. The van der Waals surface area contributed by atoms with Crippen molar-refractivity contribution >= 4 is 17.6 Å². The highest BCUT2D eigenvalue weighted by Gasteiger charge is 2.29. The van der Waals surface area contributed by atoms with E-state index in [1.54, 1.807) is 17.9 Å². The molecule has 31 heavy (non-hydrogen) atoms. The minimum absolute atomic E-state index is 0.0356. The third-order valence-corrected chi connectivity index (χ3v) is 5.87. The van der Waals surface area contributed by atoms with Crippen molar-refractivity contribution in [3.63, 3.8) is 0 Å². The topological polar surface area (TPSA) is 89.1 Å². The summed E-state index contributed by atoms with van der Waals surface area (Å²) >= 11 is 0. The molecule has 1 aromatic carbocycles. The van der Waals surface area contributed by atoms with E-state index in [2.05, 4.69) is 38.0 Å². The van der Waals surface area contributed by atoms with Gasteiger partial charge >= 0.3 is 0 Å². The van der Waals surface area contributed by atoms with Gasteiger partial charge in [0.1, 0.15) is 24.4 Å². The summed E-state index contributed by atoms with van der Waals surface area (Å²) < 4.78 is 14.5. The Morgan fingerprint density at radius 3 is 2.84 bits per heavy atom. The molecule has 0 aliphatic carbocycles. The monoisotopic (exact) mass is 428 g/mol. The lowest BCUT2D eigenvalue weighted by molar-refractivity contribution is -0.133. The number of hydrogen-bond donors (Lipinski definition) is 3. The number of carbonyl (C=O) groups excluding carboxylic acids is 2. The molecular formula is C22H29FN6O2. The Morgan fingerprint density at radius 1 is 1.29 bits per heavy atom. The molecule has 2 amide bonds. The molecule has 3 aliphatic heterocycles. The van der Waals surface area contributed by atoms with Crippen molar-refractivity contribution in [2.24, 2.45) is 4.99 Å². The molecule has 1 fully saturated rings. The highest BCUT2D eigenvalue weighted by Crippen LogP contribution is 2.18. The standard InChI is InChI=1S/C22H29FN6O2/c1-15(30)29-12-19(13-29)27-21-8-20(25-14-26-21)22(31)24-9-18(23)11-28-7-6-16-4-2-3-5-17(16)10-28/h2-5,8,18-19,25H,6-7,9-14H2,1H3,(H,24,31)(H,26,27). The van der Waals surface area contributed by atoms with Crippen molar-refractivity contribution in [2.75, 3.05) is 39.4 Å². The van der Waals surface area contributed by atoms with Crippen LogP contribution in [0.25, 0.3) is 0 Å². The van der Waals surface area contributed by atoms with Gasteiger partial charge < -0.3 is 20.9 Å². The Morgan fingerprint density at radius 2 is 2.06 bits per heavy atom. The zero-order chi connectivity index (χ0) is 21.8. The summed E-state index contributed by atoms with van der Waals surface area (Å²) in [7, 11) is 0. The lowest BCUT2D eigenvalue weighted by Crippen LogP contribution is -2.60. The maximum absolute atomic E-state index is 14.5. The Hall–Kier alpha value is -2.94. The molecular weight excluding hydrogens is 399 g/mol. The summed E-state index contributed by atoms with van der Waals surface area (Å²) in [6.07, 6.45) is 1.41. The number of likely N-dealkylation sites (tertiary alicyclic amines) is 1. The summed E-state index contributed by atoms with van der Waals surface area (Å²) in [4.78, 5) is 31.9. The minimum atomic E-state index is -1.14. The van der Waals surface area contributed by atoms with Crippen molar-refractivity contribution in [2.45, 2.75) is 32.1 Å². The van der Waals surface area contributed by atoms with Crippen molar-refractivity contribution < 1.29 is 14.0 Å². The summed E-state index contributed by atoms with van der Waals surface area (Å²) in [5, 5.41) is 8.83. The molecule has 8 nitrogen and oxygen atoms in total. The van der Waals surface area contributed by atoms with E-state index in [9.17, 15) is 14.0 Å². The van der Waals surface area contributed by atoms with E-state index < -0.39 is 6.17 Å². The van der Waals surface area contributed by atoms with Crippen LogP contribution in [0.4, 0.5) is 4.39 Å². The SMILES string of the molecule is CC(=O)N1CC(NC2=NCNC(C(=O)NCC(F)CN3CCc4ccccc4C3)=C2)C1. The van der Waals surface area contributed by atoms with Crippen molar-refractivity contribution in [3.05, 3.63) is 47.2 Å². The van der Waals surface area contributed by atoms with E-state index in [4.69, 9.17) is 0 Å². The summed E-state index contributed by atoms with van der Waals surface area (Å²) in [5.41, 5.74) is 2.94. The molecule has 3 N–H and O–H groups in total. The van der Waals surface area contributed by atoms with Gasteiger partial charge in [0.05, 0.1) is 12.6 Å². The van der Waals surface area contributed by atoms with Crippen LogP contribution in [0, 0.1) is 0 Å². The Kier molecular flexibility index (Phi) is 6.50. The number of rotatable bonds is 6. The first kappa shape index (κ1) is 21.3. The quantitative estimate of drug-likeness (QED) is 0.601. The number of fused-ring (bicyclic) bond motifs is 1. The third-order valence-electron chi connectivity index (χ3n) is 5.87. The van der Waals surface area contributed by atoms with Gasteiger partial charge in [-0.15, -0.1) is 0 Å². The number of benzene rings is 1. The van der Waals surface area contributed by atoms with E-state index >= 15 is 0 Å². The molecule has 3 heterocycles. The van der Waals surface area contributed by atoms with Crippen LogP contribution < -0.4 is 16.0 Å². The lowest BCUT2D eigenvalue weighted by atomic mass is 10.00. The van der Waals surface area contributed by atoms with Crippen LogP contribution in [0.2, 0.25) is 0 Å². The van der Waals surface area contributed by atoms with Crippen LogP contribution >= 0.6 is 0 Å². The number of alkyl halides is 1. The van der Waals surface area contributed by atoms with Gasteiger partial charge in [-0.05, 0) is 17.5 Å². The van der Waals surface area contributed by atoms with Crippen LogP contribution in [0.5, 0.6) is 0 Å². The second-order valence-corrected chi connectivity index (χ2v) is 8.26. The molecule has 0 radical (unpaired) electrons.